The second-order valence-electron chi connectivity index (χ2n) is 11.7. The minimum absolute atomic E-state index is 0.0730. The van der Waals surface area contributed by atoms with Crippen molar-refractivity contribution < 1.29 is 23.1 Å². The molecule has 4 heterocycles. The number of nitrogens with zero attached hydrogens (tertiary/aromatic N) is 6. The third kappa shape index (κ3) is 7.63. The predicted molar refractivity (Wildman–Crippen MR) is 163 cm³/mol. The number of aryl methyl sites for hydroxylation is 1. The summed E-state index contributed by atoms with van der Waals surface area (Å²) in [5.41, 5.74) is 1.75. The summed E-state index contributed by atoms with van der Waals surface area (Å²) < 4.78 is 25.4. The molecule has 0 bridgehead atoms. The Labute approximate surface area is 261 Å². The van der Waals surface area contributed by atoms with E-state index >= 15 is 0 Å². The molecule has 0 aliphatic carbocycles. The molecule has 236 valence electrons. The molecule has 2 aliphatic heterocycles. The molecular formula is C33H38FN7O4. The van der Waals surface area contributed by atoms with Gasteiger partial charge in [-0.05, 0) is 73.2 Å². The number of nitrogens with one attached hydrogen (secondary N) is 1. The molecule has 2 atom stereocenters. The largest absolute Gasteiger partial charge is 0.458 e. The highest BCUT2D eigenvalue weighted by Gasteiger charge is 2.38. The molecule has 2 amide bonds. The molecule has 12 heteroatoms. The number of carbonyl (C=O) groups is 2. The smallest absolute Gasteiger partial charge is 0.247 e. The number of ether oxygens (including phenoxy) is 1. The van der Waals surface area contributed by atoms with E-state index in [0.29, 0.717) is 43.1 Å². The fourth-order valence-corrected chi connectivity index (χ4v) is 6.12. The van der Waals surface area contributed by atoms with Gasteiger partial charge in [-0.15, -0.1) is 10.2 Å². The number of tetrazole rings is 1. The highest BCUT2D eigenvalue weighted by molar-refractivity contribution is 5.89. The molecule has 11 nitrogen and oxygen atoms in total. The average Bonchev–Trinajstić information content (AvgIpc) is 3.83. The molecule has 0 spiro atoms. The lowest BCUT2D eigenvalue weighted by Crippen LogP contribution is -2.53. The van der Waals surface area contributed by atoms with Gasteiger partial charge in [0, 0.05) is 38.8 Å². The Morgan fingerprint density at radius 1 is 1.04 bits per heavy atom. The van der Waals surface area contributed by atoms with Crippen LogP contribution in [-0.2, 0) is 27.4 Å². The number of hydrogen-bond donors (Lipinski definition) is 1. The molecular weight excluding hydrogens is 577 g/mol. The average molecular weight is 616 g/mol. The Hall–Kier alpha value is -4.42. The Morgan fingerprint density at radius 2 is 1.82 bits per heavy atom. The summed E-state index contributed by atoms with van der Waals surface area (Å²) in [5.74, 6) is 0.330. The van der Waals surface area contributed by atoms with Crippen molar-refractivity contribution in [2.45, 2.75) is 63.9 Å². The van der Waals surface area contributed by atoms with Crippen LogP contribution in [0.1, 0.15) is 48.6 Å². The molecule has 2 aromatic carbocycles. The number of halogens is 1. The summed E-state index contributed by atoms with van der Waals surface area (Å²) in [7, 11) is 0. The summed E-state index contributed by atoms with van der Waals surface area (Å²) in [6.45, 7) is 4.90. The van der Waals surface area contributed by atoms with Crippen LogP contribution >= 0.6 is 0 Å². The standard InChI is InChI=1S/C33H38FN7O4/c1-23-9-14-29(45-23)32-36-38-40(37-32)22-30(42)41(27-15-17-39(18-16-27)21-24-6-3-2-4-7-24)31(25-10-12-26(34)13-11-25)33(43)35-20-28-8-5-19-44-28/h2-4,6-7,9-14,27-28,31H,5,8,15-22H2,1H3,(H,35,43)/t28-,31-/m1/s1. The van der Waals surface area contributed by atoms with E-state index in [0.717, 1.165) is 32.5 Å². The number of carbonyl (C=O) groups excluding carboxylic acids is 2. The lowest BCUT2D eigenvalue weighted by Gasteiger charge is -2.42. The molecule has 4 aromatic rings. The maximum absolute atomic E-state index is 14.3. The van der Waals surface area contributed by atoms with Crippen LogP contribution in [0.4, 0.5) is 4.39 Å². The molecule has 45 heavy (non-hydrogen) atoms. The molecule has 6 rings (SSSR count). The summed E-state index contributed by atoms with van der Waals surface area (Å²) in [6.07, 6.45) is 3.06. The highest BCUT2D eigenvalue weighted by Crippen LogP contribution is 2.30. The summed E-state index contributed by atoms with van der Waals surface area (Å²) in [4.78, 5) is 33.5. The van der Waals surface area contributed by atoms with Crippen molar-refractivity contribution in [3.8, 4) is 11.6 Å². The van der Waals surface area contributed by atoms with Crippen LogP contribution in [0.25, 0.3) is 11.6 Å². The maximum atomic E-state index is 14.3. The van der Waals surface area contributed by atoms with Gasteiger partial charge < -0.3 is 19.4 Å². The number of benzene rings is 2. The molecule has 2 saturated heterocycles. The van der Waals surface area contributed by atoms with E-state index in [9.17, 15) is 14.0 Å². The predicted octanol–water partition coefficient (Wildman–Crippen LogP) is 3.91. The van der Waals surface area contributed by atoms with Crippen LogP contribution in [-0.4, -0.2) is 80.2 Å². The third-order valence-corrected chi connectivity index (χ3v) is 8.42. The number of aromatic nitrogens is 4. The zero-order valence-electron chi connectivity index (χ0n) is 25.3. The minimum Gasteiger partial charge on any atom is -0.458 e. The normalized spacial score (nSPS) is 18.1. The van der Waals surface area contributed by atoms with Crippen molar-refractivity contribution in [3.05, 3.63) is 89.4 Å². The van der Waals surface area contributed by atoms with Gasteiger partial charge in [-0.3, -0.25) is 14.5 Å². The first kappa shape index (κ1) is 30.6. The molecule has 2 aromatic heterocycles. The quantitative estimate of drug-likeness (QED) is 0.270. The van der Waals surface area contributed by atoms with E-state index in [4.69, 9.17) is 9.15 Å². The van der Waals surface area contributed by atoms with Crippen molar-refractivity contribution in [1.82, 2.24) is 35.3 Å². The SMILES string of the molecule is Cc1ccc(-c2nnn(CC(=O)N(C3CCN(Cc4ccccc4)CC3)[C@@H](C(=O)NC[C@H]3CCCO3)c3ccc(F)cc3)n2)o1. The minimum atomic E-state index is -0.985. The first-order chi connectivity index (χ1) is 21.9. The summed E-state index contributed by atoms with van der Waals surface area (Å²) >= 11 is 0. The number of piperidine rings is 1. The van der Waals surface area contributed by atoms with Crippen LogP contribution in [0, 0.1) is 12.7 Å². The second kappa shape index (κ2) is 14.1. The van der Waals surface area contributed by atoms with E-state index in [2.05, 4.69) is 37.8 Å². The van der Waals surface area contributed by atoms with Gasteiger partial charge in [-0.1, -0.05) is 42.5 Å². The van der Waals surface area contributed by atoms with Gasteiger partial charge in [0.15, 0.2) is 5.76 Å². The zero-order valence-corrected chi connectivity index (χ0v) is 25.3. The monoisotopic (exact) mass is 615 g/mol. The topological polar surface area (TPSA) is 119 Å². The van der Waals surface area contributed by atoms with E-state index < -0.39 is 11.9 Å². The molecule has 0 radical (unpaired) electrons. The first-order valence-corrected chi connectivity index (χ1v) is 15.5. The van der Waals surface area contributed by atoms with Crippen molar-refractivity contribution in [2.24, 2.45) is 0 Å². The van der Waals surface area contributed by atoms with Gasteiger partial charge in [-0.25, -0.2) is 4.39 Å². The fraction of sp³-hybridized carbons (Fsp3) is 0.424. The van der Waals surface area contributed by atoms with Gasteiger partial charge in [-0.2, -0.15) is 4.80 Å². The maximum Gasteiger partial charge on any atom is 0.247 e. The van der Waals surface area contributed by atoms with Crippen molar-refractivity contribution in [2.75, 3.05) is 26.2 Å². The number of amides is 2. The van der Waals surface area contributed by atoms with Gasteiger partial charge in [0.05, 0.1) is 6.10 Å². The van der Waals surface area contributed by atoms with Crippen LogP contribution in [0.15, 0.2) is 71.1 Å². The Morgan fingerprint density at radius 3 is 2.51 bits per heavy atom. The van der Waals surface area contributed by atoms with Crippen molar-refractivity contribution >= 4 is 11.8 Å². The van der Waals surface area contributed by atoms with Gasteiger partial charge in [0.1, 0.15) is 24.2 Å². The van der Waals surface area contributed by atoms with Crippen molar-refractivity contribution in [3.63, 3.8) is 0 Å². The molecule has 0 unspecified atom stereocenters. The number of likely N-dealkylation sites (tertiary alicyclic amines) is 1. The Kier molecular flexibility index (Phi) is 9.61. The third-order valence-electron chi connectivity index (χ3n) is 8.42. The fourth-order valence-electron chi connectivity index (χ4n) is 6.12. The van der Waals surface area contributed by atoms with Crippen LogP contribution in [0.2, 0.25) is 0 Å². The summed E-state index contributed by atoms with van der Waals surface area (Å²) in [6, 6.07) is 18.4. The van der Waals surface area contributed by atoms with Crippen LogP contribution < -0.4 is 5.32 Å². The van der Waals surface area contributed by atoms with E-state index in [1.54, 1.807) is 29.2 Å². The Balaban J connectivity index is 1.26. The van der Waals surface area contributed by atoms with E-state index in [1.807, 2.05) is 25.1 Å². The van der Waals surface area contributed by atoms with Gasteiger partial charge in [0.25, 0.3) is 0 Å². The highest BCUT2D eigenvalue weighted by atomic mass is 19.1. The second-order valence-corrected chi connectivity index (χ2v) is 11.7. The van der Waals surface area contributed by atoms with Gasteiger partial charge >= 0.3 is 0 Å². The molecule has 2 aliphatic rings. The first-order valence-electron chi connectivity index (χ1n) is 15.5. The van der Waals surface area contributed by atoms with Gasteiger partial charge in [0.2, 0.25) is 17.6 Å². The summed E-state index contributed by atoms with van der Waals surface area (Å²) in [5, 5.41) is 15.6. The van der Waals surface area contributed by atoms with Crippen LogP contribution in [0.3, 0.4) is 0 Å². The molecule has 1 N–H and O–H groups in total. The number of hydrogen-bond acceptors (Lipinski definition) is 8. The zero-order chi connectivity index (χ0) is 31.2. The van der Waals surface area contributed by atoms with Crippen LogP contribution in [0.5, 0.6) is 0 Å². The lowest BCUT2D eigenvalue weighted by molar-refractivity contribution is -0.146. The Bertz CT molecular complexity index is 1560. The number of rotatable bonds is 11. The van der Waals surface area contributed by atoms with E-state index in [1.165, 1.54) is 22.5 Å². The molecule has 0 saturated carbocycles. The van der Waals surface area contributed by atoms with Crippen molar-refractivity contribution in [1.29, 1.82) is 0 Å². The molecule has 2 fully saturated rings. The number of furan rings is 1. The lowest BCUT2D eigenvalue weighted by atomic mass is 9.96. The van der Waals surface area contributed by atoms with E-state index in [-0.39, 0.29) is 36.3 Å².